The minimum absolute atomic E-state index is 0.0202. The summed E-state index contributed by atoms with van der Waals surface area (Å²) in [7, 11) is -2.80. The lowest BCUT2D eigenvalue weighted by Crippen LogP contribution is -2.62. The Morgan fingerprint density at radius 1 is 1.16 bits per heavy atom. The molecule has 1 aromatic carbocycles. The maximum atomic E-state index is 14.8. The van der Waals surface area contributed by atoms with E-state index in [1.54, 1.807) is 18.2 Å². The Bertz CT molecular complexity index is 2080. The molecule has 6 rings (SSSR count). The van der Waals surface area contributed by atoms with E-state index in [1.165, 1.54) is 27.2 Å². The zero-order valence-electron chi connectivity index (χ0n) is 32.1. The summed E-state index contributed by atoms with van der Waals surface area (Å²) in [5.41, 5.74) is -1.75. The number of fused-ring (bicyclic) bond motifs is 3. The summed E-state index contributed by atoms with van der Waals surface area (Å²) in [6, 6.07) is -2.21. The van der Waals surface area contributed by atoms with Crippen LogP contribution in [-0.2, 0) is 24.4 Å². The molecule has 4 aliphatic rings. The number of methoxy groups -OCH3 is 1. The zero-order valence-corrected chi connectivity index (χ0v) is 33.0. The van der Waals surface area contributed by atoms with Crippen molar-refractivity contribution in [3.05, 3.63) is 42.4 Å². The van der Waals surface area contributed by atoms with Crippen LogP contribution in [0.4, 0.5) is 22.4 Å². The monoisotopic (exact) mass is 825 g/mol. The summed E-state index contributed by atoms with van der Waals surface area (Å²) >= 11 is 0. The van der Waals surface area contributed by atoms with Gasteiger partial charge in [0.15, 0.2) is 0 Å². The number of carbonyl (C=O) groups is 4. The quantitative estimate of drug-likeness (QED) is 0.244. The molecule has 2 saturated carbocycles. The summed E-state index contributed by atoms with van der Waals surface area (Å²) in [5, 5.41) is 13.5. The van der Waals surface area contributed by atoms with Crippen molar-refractivity contribution in [2.75, 3.05) is 13.7 Å². The molecular weight excluding hydrogens is 779 g/mol. The van der Waals surface area contributed by atoms with Gasteiger partial charge in [-0.05, 0) is 76.3 Å². The van der Waals surface area contributed by atoms with Crippen molar-refractivity contribution >= 4 is 44.6 Å². The summed E-state index contributed by atoms with van der Waals surface area (Å²) in [4.78, 5) is 61.1. The third-order valence-corrected chi connectivity index (χ3v) is 14.0. The number of sulfonamides is 1. The Balaban J connectivity index is 1.42. The molecule has 14 nitrogen and oxygen atoms in total. The zero-order chi connectivity index (χ0) is 41.8. The lowest BCUT2D eigenvalue weighted by molar-refractivity contribution is -0.184. The number of pyridine rings is 1. The second kappa shape index (κ2) is 15.2. The number of allylic oxidation sites excluding steroid dienone is 1. The number of rotatable bonds is 8. The summed E-state index contributed by atoms with van der Waals surface area (Å²) in [5.74, 6) is -5.44. The fraction of sp³-hybridized carbons (Fsp3) is 0.605. The molecule has 3 N–H and O–H groups in total. The van der Waals surface area contributed by atoms with Gasteiger partial charge < -0.3 is 24.8 Å². The number of ether oxygens (including phenoxy) is 2. The van der Waals surface area contributed by atoms with Crippen LogP contribution in [0, 0.1) is 23.6 Å². The van der Waals surface area contributed by atoms with Crippen LogP contribution in [0.2, 0.25) is 0 Å². The third-order valence-electron chi connectivity index (χ3n) is 11.9. The van der Waals surface area contributed by atoms with E-state index in [0.717, 1.165) is 17.0 Å². The minimum Gasteiger partial charge on any atom is -0.496 e. The molecular formula is C38H47F4N5O9S. The molecule has 312 valence electrons. The van der Waals surface area contributed by atoms with E-state index in [1.807, 2.05) is 6.92 Å². The lowest BCUT2D eigenvalue weighted by Gasteiger charge is -2.40. The number of nitrogens with one attached hydrogen (secondary N) is 2. The number of carbonyl (C=O) groups excluding carboxylic acids is 3. The van der Waals surface area contributed by atoms with Crippen LogP contribution in [0.5, 0.6) is 11.6 Å². The molecule has 8 atom stereocenters. The highest BCUT2D eigenvalue weighted by molar-refractivity contribution is 7.91. The van der Waals surface area contributed by atoms with E-state index < -0.39 is 98.7 Å². The second-order valence-corrected chi connectivity index (χ2v) is 18.3. The van der Waals surface area contributed by atoms with Crippen LogP contribution in [0.25, 0.3) is 10.8 Å². The van der Waals surface area contributed by atoms with Crippen LogP contribution in [0.15, 0.2) is 36.5 Å². The number of nitrogens with zero attached hydrogens (tertiary/aromatic N) is 3. The van der Waals surface area contributed by atoms with Crippen LogP contribution in [0.3, 0.4) is 0 Å². The van der Waals surface area contributed by atoms with Crippen molar-refractivity contribution in [2.45, 2.75) is 113 Å². The smallest absolute Gasteiger partial charge is 0.408 e. The molecule has 0 radical (unpaired) electrons. The molecule has 2 aliphatic carbocycles. The fourth-order valence-electron chi connectivity index (χ4n) is 8.06. The van der Waals surface area contributed by atoms with Gasteiger partial charge in [0.05, 0.1) is 23.8 Å². The maximum Gasteiger partial charge on any atom is 0.408 e. The van der Waals surface area contributed by atoms with Gasteiger partial charge in [0, 0.05) is 30.0 Å². The Hall–Kier alpha value is -4.68. The lowest BCUT2D eigenvalue weighted by atomic mass is 9.86. The molecule has 3 fully saturated rings. The van der Waals surface area contributed by atoms with Crippen LogP contribution in [0.1, 0.15) is 72.6 Å². The Morgan fingerprint density at radius 2 is 1.86 bits per heavy atom. The molecule has 2 aliphatic heterocycles. The second-order valence-electron chi connectivity index (χ2n) is 16.1. The minimum atomic E-state index is -5.06. The number of alkyl halides is 3. The number of aromatic nitrogens is 1. The molecule has 1 aromatic heterocycles. The number of hydrogen-bond donors (Lipinski definition) is 3. The Labute approximate surface area is 327 Å². The van der Waals surface area contributed by atoms with Crippen molar-refractivity contribution < 1.29 is 59.7 Å². The first-order valence-corrected chi connectivity index (χ1v) is 20.3. The number of hydrogen-bond acceptors (Lipinski definition) is 9. The normalized spacial score (nSPS) is 29.5. The molecule has 1 saturated heterocycles. The van der Waals surface area contributed by atoms with E-state index in [-0.39, 0.29) is 47.1 Å². The van der Waals surface area contributed by atoms with Crippen LogP contribution < -0.4 is 19.5 Å². The highest BCUT2D eigenvalue weighted by Crippen LogP contribution is 2.48. The van der Waals surface area contributed by atoms with E-state index in [0.29, 0.717) is 38.0 Å². The molecule has 2 aromatic rings. The first-order chi connectivity index (χ1) is 26.6. The van der Waals surface area contributed by atoms with Crippen molar-refractivity contribution in [3.63, 3.8) is 0 Å². The maximum absolute atomic E-state index is 14.8. The molecule has 4 amide bonds. The van der Waals surface area contributed by atoms with Gasteiger partial charge in [-0.25, -0.2) is 22.6 Å². The molecule has 57 heavy (non-hydrogen) atoms. The average molecular weight is 826 g/mol. The highest BCUT2D eigenvalue weighted by atomic mass is 32.2. The van der Waals surface area contributed by atoms with Gasteiger partial charge in [-0.1, -0.05) is 26.0 Å². The van der Waals surface area contributed by atoms with Crippen molar-refractivity contribution in [3.8, 4) is 11.6 Å². The van der Waals surface area contributed by atoms with E-state index in [4.69, 9.17) is 9.47 Å². The highest BCUT2D eigenvalue weighted by Gasteiger charge is 2.63. The van der Waals surface area contributed by atoms with Crippen LogP contribution >= 0.6 is 0 Å². The van der Waals surface area contributed by atoms with Crippen molar-refractivity contribution in [2.24, 2.45) is 17.8 Å². The van der Waals surface area contributed by atoms with Crippen LogP contribution in [-0.4, -0.2) is 106 Å². The first kappa shape index (κ1) is 41.9. The van der Waals surface area contributed by atoms with Crippen molar-refractivity contribution in [1.29, 1.82) is 0 Å². The number of halogens is 4. The van der Waals surface area contributed by atoms with E-state index >= 15 is 0 Å². The van der Waals surface area contributed by atoms with Gasteiger partial charge in [0.25, 0.3) is 5.91 Å². The van der Waals surface area contributed by atoms with Gasteiger partial charge >= 0.3 is 12.3 Å². The van der Waals surface area contributed by atoms with Gasteiger partial charge in [0.2, 0.25) is 27.7 Å². The molecule has 3 heterocycles. The number of benzene rings is 1. The standard InChI is InChI=1S/C38H47F4N5O9S/c1-20-8-6-7-9-23-18-37(23,34(50)45-57(53,54)36(4)11-12-36)44-31(48)28-17-25(56-32-27-15-24(39)16-29(55-5)26(27)10-13-43-32)19-46(28)33(49)30(21(2)14-20)47(35(51)52)22(3)38(40,41)42/h7,9-10,13,15-16,20-23,25,28,30H,6,8,11-12,14,17-19H2,1-5H3,(H,44,48)(H,45,50)(H,51,52)/t20-,21-,22-,23-,25-,28+,30+,37-/m1/s1. The topological polar surface area (TPSA) is 185 Å². The van der Waals surface area contributed by atoms with Gasteiger partial charge in [-0.2, -0.15) is 13.2 Å². The average Bonchev–Trinajstić information content (AvgIpc) is 4.01. The van der Waals surface area contributed by atoms with Crippen molar-refractivity contribution in [1.82, 2.24) is 24.8 Å². The van der Waals surface area contributed by atoms with Gasteiger partial charge in [-0.15, -0.1) is 0 Å². The molecule has 0 spiro atoms. The molecule has 0 bridgehead atoms. The van der Waals surface area contributed by atoms with Gasteiger partial charge in [-0.3, -0.25) is 24.0 Å². The Kier molecular flexibility index (Phi) is 11.2. The number of amides is 4. The Morgan fingerprint density at radius 3 is 2.49 bits per heavy atom. The molecule has 19 heteroatoms. The first-order valence-electron chi connectivity index (χ1n) is 18.8. The summed E-state index contributed by atoms with van der Waals surface area (Å²) < 4.78 is 96.4. The SMILES string of the molecule is COc1cc(F)cc2c(O[C@@H]3C[C@H]4C(=O)N[C@]5(C(=O)NS(=O)(=O)C6(C)CC6)C[C@H]5C=CCC[C@@H](C)C[C@@H](C)[C@H](N(C(=O)O)[C@H](C)C(F)(F)F)C(=O)N4C3)nccc12. The predicted octanol–water partition coefficient (Wildman–Crippen LogP) is 4.92. The largest absolute Gasteiger partial charge is 0.496 e. The fourth-order valence-corrected chi connectivity index (χ4v) is 9.38. The summed E-state index contributed by atoms with van der Waals surface area (Å²) in [6.07, 6.45) is -1.84. The summed E-state index contributed by atoms with van der Waals surface area (Å²) in [6.45, 7) is 5.01. The number of carboxylic acid groups (broad SMARTS) is 1. The van der Waals surface area contributed by atoms with E-state index in [9.17, 15) is 50.3 Å². The van der Waals surface area contributed by atoms with E-state index in [2.05, 4.69) is 15.0 Å². The third kappa shape index (κ3) is 8.21. The molecule has 0 unspecified atom stereocenters. The van der Waals surface area contributed by atoms with Gasteiger partial charge in [0.1, 0.15) is 41.3 Å². The predicted molar refractivity (Wildman–Crippen MR) is 197 cm³/mol.